The van der Waals surface area contributed by atoms with Crippen LogP contribution in [0.4, 0.5) is 0 Å². The maximum Gasteiger partial charge on any atom is 0.0245 e. The number of unbranched alkanes of at least 4 members (excludes halogenated alkanes) is 2. The van der Waals surface area contributed by atoms with Crippen molar-refractivity contribution in [3.63, 3.8) is 0 Å². The first-order valence-electron chi connectivity index (χ1n) is 5.49. The molecule has 0 saturated heterocycles. The van der Waals surface area contributed by atoms with E-state index >= 15 is 0 Å². The van der Waals surface area contributed by atoms with Crippen molar-refractivity contribution in [2.24, 2.45) is 0 Å². The highest BCUT2D eigenvalue weighted by Gasteiger charge is 1.93. The van der Waals surface area contributed by atoms with E-state index in [1.165, 1.54) is 18.4 Å². The van der Waals surface area contributed by atoms with Gasteiger partial charge in [-0.25, -0.2) is 0 Å². The molecular weight excluding hydrogens is 180 g/mol. The molecule has 0 heteroatoms. The van der Waals surface area contributed by atoms with E-state index < -0.39 is 0 Å². The zero-order valence-corrected chi connectivity index (χ0v) is 9.64. The molecule has 0 aliphatic carbocycles. The van der Waals surface area contributed by atoms with Crippen molar-refractivity contribution in [2.45, 2.75) is 33.1 Å². The Morgan fingerprint density at radius 1 is 1.27 bits per heavy atom. The van der Waals surface area contributed by atoms with E-state index in [4.69, 9.17) is 0 Å². The molecule has 0 unspecified atom stereocenters. The van der Waals surface area contributed by atoms with Gasteiger partial charge in [-0.2, -0.15) is 0 Å². The number of aryl methyl sites for hydroxylation is 1. The Hall–Kier alpha value is -1.48. The second-order valence-electron chi connectivity index (χ2n) is 3.75. The molecule has 0 bridgehead atoms. The topological polar surface area (TPSA) is 0 Å². The lowest BCUT2D eigenvalue weighted by Gasteiger charge is -1.98. The number of rotatable bonds is 3. The number of allylic oxidation sites excluding steroid dienone is 1. The molecule has 1 aromatic carbocycles. The minimum Gasteiger partial charge on any atom is -0.0979 e. The molecule has 0 N–H and O–H groups in total. The smallest absolute Gasteiger partial charge is 0.0245 e. The molecule has 0 heterocycles. The Kier molecular flexibility index (Phi) is 4.71. The molecule has 0 amide bonds. The Labute approximate surface area is 93.0 Å². The summed E-state index contributed by atoms with van der Waals surface area (Å²) in [5.74, 6) is 6.26. The summed E-state index contributed by atoms with van der Waals surface area (Å²) in [7, 11) is 0. The Balaban J connectivity index is 2.60. The molecule has 0 nitrogen and oxygen atoms in total. The fourth-order valence-corrected chi connectivity index (χ4v) is 1.26. The quantitative estimate of drug-likeness (QED) is 0.504. The van der Waals surface area contributed by atoms with Crippen LogP contribution in [0.3, 0.4) is 0 Å². The van der Waals surface area contributed by atoms with Crippen molar-refractivity contribution >= 4 is 5.57 Å². The third-order valence-electron chi connectivity index (χ3n) is 2.29. The predicted molar refractivity (Wildman–Crippen MR) is 67.5 cm³/mol. The van der Waals surface area contributed by atoms with E-state index in [1.807, 2.05) is 0 Å². The maximum atomic E-state index is 3.98. The molecule has 0 aliphatic heterocycles. The average molecular weight is 198 g/mol. The number of hydrogen-bond acceptors (Lipinski definition) is 0. The number of benzene rings is 1. The molecule has 0 atom stereocenters. The van der Waals surface area contributed by atoms with Crippen LogP contribution in [0.1, 0.15) is 37.3 Å². The van der Waals surface area contributed by atoms with Crippen LogP contribution in [0.2, 0.25) is 0 Å². The lowest BCUT2D eigenvalue weighted by molar-refractivity contribution is 0.828. The van der Waals surface area contributed by atoms with Crippen molar-refractivity contribution in [1.29, 1.82) is 0 Å². The first-order chi connectivity index (χ1) is 7.24. The third kappa shape index (κ3) is 4.04. The fraction of sp³-hybridized carbons (Fsp3) is 0.333. The van der Waals surface area contributed by atoms with Gasteiger partial charge in [0.25, 0.3) is 0 Å². The van der Waals surface area contributed by atoms with Crippen molar-refractivity contribution in [2.75, 3.05) is 0 Å². The molecule has 0 spiro atoms. The van der Waals surface area contributed by atoms with Crippen molar-refractivity contribution in [1.82, 2.24) is 0 Å². The molecule has 0 aromatic heterocycles. The van der Waals surface area contributed by atoms with Crippen molar-refractivity contribution in [3.05, 3.63) is 42.0 Å². The highest BCUT2D eigenvalue weighted by atomic mass is 14.0. The van der Waals surface area contributed by atoms with Crippen LogP contribution in [-0.4, -0.2) is 0 Å². The summed E-state index contributed by atoms with van der Waals surface area (Å²) in [5, 5.41) is 0. The summed E-state index contributed by atoms with van der Waals surface area (Å²) in [5.41, 5.74) is 3.32. The fourth-order valence-electron chi connectivity index (χ4n) is 1.26. The average Bonchev–Trinajstić information content (AvgIpc) is 2.25. The van der Waals surface area contributed by atoms with Crippen LogP contribution >= 0.6 is 0 Å². The van der Waals surface area contributed by atoms with Gasteiger partial charge in [-0.3, -0.25) is 0 Å². The van der Waals surface area contributed by atoms with E-state index in [0.717, 1.165) is 17.6 Å². The van der Waals surface area contributed by atoms with Gasteiger partial charge in [0, 0.05) is 12.0 Å². The van der Waals surface area contributed by atoms with E-state index in [0.29, 0.717) is 0 Å². The monoisotopic (exact) mass is 198 g/mol. The summed E-state index contributed by atoms with van der Waals surface area (Å²) in [4.78, 5) is 0. The van der Waals surface area contributed by atoms with Gasteiger partial charge in [-0.15, -0.1) is 0 Å². The third-order valence-corrected chi connectivity index (χ3v) is 2.29. The van der Waals surface area contributed by atoms with Gasteiger partial charge in [-0.1, -0.05) is 61.6 Å². The number of hydrogen-bond donors (Lipinski definition) is 0. The summed E-state index contributed by atoms with van der Waals surface area (Å²) in [6.07, 6.45) is 3.35. The molecule has 15 heavy (non-hydrogen) atoms. The molecule has 78 valence electrons. The molecule has 1 aromatic rings. The van der Waals surface area contributed by atoms with E-state index in [1.54, 1.807) is 0 Å². The Morgan fingerprint density at radius 3 is 2.53 bits per heavy atom. The maximum absolute atomic E-state index is 3.98. The van der Waals surface area contributed by atoms with Gasteiger partial charge < -0.3 is 0 Å². The van der Waals surface area contributed by atoms with Gasteiger partial charge in [0.05, 0.1) is 0 Å². The minimum atomic E-state index is 0.922. The van der Waals surface area contributed by atoms with Crippen LogP contribution in [-0.2, 0) is 0 Å². The summed E-state index contributed by atoms with van der Waals surface area (Å²) in [6, 6.07) is 8.33. The largest absolute Gasteiger partial charge is 0.0979 e. The van der Waals surface area contributed by atoms with Crippen LogP contribution < -0.4 is 0 Å². The summed E-state index contributed by atoms with van der Waals surface area (Å²) >= 11 is 0. The van der Waals surface area contributed by atoms with Crippen LogP contribution in [0, 0.1) is 18.8 Å². The highest BCUT2D eigenvalue weighted by Crippen LogP contribution is 2.12. The van der Waals surface area contributed by atoms with Gasteiger partial charge in [0.1, 0.15) is 0 Å². The molecule has 0 saturated carbocycles. The van der Waals surface area contributed by atoms with E-state index in [9.17, 15) is 0 Å². The van der Waals surface area contributed by atoms with Gasteiger partial charge in [-0.05, 0) is 18.9 Å². The van der Waals surface area contributed by atoms with Crippen molar-refractivity contribution < 1.29 is 0 Å². The second kappa shape index (κ2) is 6.09. The predicted octanol–water partition coefficient (Wildman–Crippen LogP) is 4.20. The van der Waals surface area contributed by atoms with Gasteiger partial charge in [0.2, 0.25) is 0 Å². The van der Waals surface area contributed by atoms with E-state index in [-0.39, 0.29) is 0 Å². The van der Waals surface area contributed by atoms with E-state index in [2.05, 4.69) is 56.5 Å². The highest BCUT2D eigenvalue weighted by molar-refractivity contribution is 5.76. The summed E-state index contributed by atoms with van der Waals surface area (Å²) in [6.45, 7) is 8.24. The zero-order valence-electron chi connectivity index (χ0n) is 9.64. The van der Waals surface area contributed by atoms with Crippen molar-refractivity contribution in [3.8, 4) is 11.8 Å². The first-order valence-corrected chi connectivity index (χ1v) is 5.49. The standard InChI is InChI=1S/C15H18/c1-4-5-6-7-8-14(3)15-11-9-13(2)10-12-15/h9-12H,3-6H2,1-2H3. The summed E-state index contributed by atoms with van der Waals surface area (Å²) < 4.78 is 0. The van der Waals surface area contributed by atoms with Crippen LogP contribution in [0.5, 0.6) is 0 Å². The molecule has 0 radical (unpaired) electrons. The minimum absolute atomic E-state index is 0.922. The SMILES string of the molecule is C=C(C#CCCCC)c1ccc(C)cc1. The second-order valence-corrected chi connectivity index (χ2v) is 3.75. The Morgan fingerprint density at radius 2 is 1.93 bits per heavy atom. The molecule has 0 fully saturated rings. The lowest BCUT2D eigenvalue weighted by Crippen LogP contribution is -1.80. The van der Waals surface area contributed by atoms with Gasteiger partial charge >= 0.3 is 0 Å². The van der Waals surface area contributed by atoms with Crippen LogP contribution in [0.15, 0.2) is 30.8 Å². The zero-order chi connectivity index (χ0) is 11.1. The molecule has 1 rings (SSSR count). The molecule has 0 aliphatic rings. The van der Waals surface area contributed by atoms with Gasteiger partial charge in [0.15, 0.2) is 0 Å². The first kappa shape index (κ1) is 11.6. The Bertz CT molecular complexity index is 371. The normalized spacial score (nSPS) is 9.20. The molecular formula is C15H18. The van der Waals surface area contributed by atoms with Crippen LogP contribution in [0.25, 0.3) is 5.57 Å². The lowest BCUT2D eigenvalue weighted by atomic mass is 10.1.